The highest BCUT2D eigenvalue weighted by Gasteiger charge is 2.13. The number of carbonyl (C=O) groups is 1. The van der Waals surface area contributed by atoms with E-state index in [4.69, 9.17) is 4.74 Å². The third kappa shape index (κ3) is 5.09. The molecular formula is C28H27N3O4. The monoisotopic (exact) mass is 469 g/mol. The largest absolute Gasteiger partial charge is 0.494 e. The van der Waals surface area contributed by atoms with Gasteiger partial charge < -0.3 is 10.1 Å². The number of rotatable bonds is 9. The van der Waals surface area contributed by atoms with Gasteiger partial charge in [0.2, 0.25) is 0 Å². The lowest BCUT2D eigenvalue weighted by atomic mass is 10.1. The number of nitrogens with zero attached hydrogens (tertiary/aromatic N) is 2. The molecule has 4 rings (SSSR count). The summed E-state index contributed by atoms with van der Waals surface area (Å²) in [6, 6.07) is 21.9. The van der Waals surface area contributed by atoms with Crippen LogP contribution in [0.5, 0.6) is 5.75 Å². The van der Waals surface area contributed by atoms with Crippen molar-refractivity contribution in [2.45, 2.75) is 26.6 Å². The first-order valence-electron chi connectivity index (χ1n) is 11.4. The van der Waals surface area contributed by atoms with Gasteiger partial charge in [-0.25, -0.2) is 0 Å². The highest BCUT2D eigenvalue weighted by molar-refractivity contribution is 5.94. The first kappa shape index (κ1) is 23.8. The smallest absolute Gasteiger partial charge is 0.317 e. The van der Waals surface area contributed by atoms with Crippen molar-refractivity contribution in [1.82, 2.24) is 14.5 Å². The summed E-state index contributed by atoms with van der Waals surface area (Å²) in [5, 5.41) is 2.92. The number of allylic oxidation sites excluding steroid dienone is 1. The molecule has 7 heteroatoms. The van der Waals surface area contributed by atoms with Gasteiger partial charge in [0.25, 0.3) is 5.91 Å². The van der Waals surface area contributed by atoms with Crippen molar-refractivity contribution in [2.75, 3.05) is 6.61 Å². The number of hydrogen-bond acceptors (Lipinski definition) is 4. The van der Waals surface area contributed by atoms with Crippen molar-refractivity contribution in [3.63, 3.8) is 0 Å². The summed E-state index contributed by atoms with van der Waals surface area (Å²) in [4.78, 5) is 38.2. The number of fused-ring (bicyclic) bond motifs is 1. The summed E-state index contributed by atoms with van der Waals surface area (Å²) in [6.45, 7) is 6.97. The minimum atomic E-state index is -0.597. The van der Waals surface area contributed by atoms with Gasteiger partial charge in [-0.15, -0.1) is 6.58 Å². The van der Waals surface area contributed by atoms with Crippen molar-refractivity contribution in [2.24, 2.45) is 0 Å². The Labute approximate surface area is 202 Å². The minimum Gasteiger partial charge on any atom is -0.494 e. The standard InChI is InChI=1S/C28H27N3O4/c1-3-17-30-23-10-6-7-11-24(23)31(28(34)27(30)33)19-20-13-15-21(16-14-20)26(32)29-18-22-9-5-8-12-25(22)35-4-2/h3,5-16H,1,4,17-19H2,2H3,(H,29,32). The minimum absolute atomic E-state index is 0.211. The van der Waals surface area contributed by atoms with Crippen LogP contribution in [0.1, 0.15) is 28.4 Å². The first-order chi connectivity index (χ1) is 17.0. The molecule has 0 spiro atoms. The molecule has 0 saturated heterocycles. The van der Waals surface area contributed by atoms with Crippen molar-refractivity contribution < 1.29 is 9.53 Å². The van der Waals surface area contributed by atoms with Crippen molar-refractivity contribution in [3.8, 4) is 5.75 Å². The molecule has 0 radical (unpaired) electrons. The van der Waals surface area contributed by atoms with E-state index in [1.54, 1.807) is 30.3 Å². The van der Waals surface area contributed by atoms with Crippen LogP contribution in [0.3, 0.4) is 0 Å². The number of para-hydroxylation sites is 3. The number of benzene rings is 3. The van der Waals surface area contributed by atoms with E-state index >= 15 is 0 Å². The summed E-state index contributed by atoms with van der Waals surface area (Å²) in [7, 11) is 0. The number of carbonyl (C=O) groups excluding carboxylic acids is 1. The molecule has 0 bridgehead atoms. The summed E-state index contributed by atoms with van der Waals surface area (Å²) >= 11 is 0. The molecule has 0 unspecified atom stereocenters. The zero-order valence-corrected chi connectivity index (χ0v) is 19.6. The second kappa shape index (κ2) is 10.7. The number of hydrogen-bond donors (Lipinski definition) is 1. The number of amides is 1. The van der Waals surface area contributed by atoms with E-state index in [-0.39, 0.29) is 19.0 Å². The van der Waals surface area contributed by atoms with Gasteiger partial charge in [0, 0.05) is 24.2 Å². The molecule has 1 aromatic heterocycles. The maximum Gasteiger partial charge on any atom is 0.317 e. The SMILES string of the molecule is C=CCn1c(=O)c(=O)n(Cc2ccc(C(=O)NCc3ccccc3OCC)cc2)c2ccccc21. The molecule has 0 aliphatic carbocycles. The third-order valence-corrected chi connectivity index (χ3v) is 5.72. The maximum atomic E-state index is 12.9. The van der Waals surface area contributed by atoms with E-state index in [0.717, 1.165) is 16.9 Å². The molecule has 1 amide bonds. The Morgan fingerprint density at radius 3 is 2.23 bits per heavy atom. The molecule has 0 aliphatic rings. The highest BCUT2D eigenvalue weighted by atomic mass is 16.5. The summed E-state index contributed by atoms with van der Waals surface area (Å²) in [6.07, 6.45) is 1.59. The Hall–Kier alpha value is -4.39. The molecular weight excluding hydrogens is 442 g/mol. The van der Waals surface area contributed by atoms with E-state index in [0.29, 0.717) is 29.7 Å². The van der Waals surface area contributed by atoms with Gasteiger partial charge in [0.1, 0.15) is 5.75 Å². The van der Waals surface area contributed by atoms with Crippen LogP contribution >= 0.6 is 0 Å². The molecule has 3 aromatic carbocycles. The Morgan fingerprint density at radius 1 is 0.914 bits per heavy atom. The van der Waals surface area contributed by atoms with Crippen LogP contribution in [-0.4, -0.2) is 21.6 Å². The summed E-state index contributed by atoms with van der Waals surface area (Å²) < 4.78 is 8.51. The average molecular weight is 470 g/mol. The van der Waals surface area contributed by atoms with Gasteiger partial charge in [0.15, 0.2) is 0 Å². The topological polar surface area (TPSA) is 82.3 Å². The molecule has 0 aliphatic heterocycles. The Morgan fingerprint density at radius 2 is 1.54 bits per heavy atom. The first-order valence-corrected chi connectivity index (χ1v) is 11.4. The van der Waals surface area contributed by atoms with E-state index in [2.05, 4.69) is 11.9 Å². The zero-order chi connectivity index (χ0) is 24.8. The Balaban J connectivity index is 1.53. The maximum absolute atomic E-state index is 12.9. The van der Waals surface area contributed by atoms with Gasteiger partial charge in [-0.3, -0.25) is 23.5 Å². The molecule has 35 heavy (non-hydrogen) atoms. The summed E-state index contributed by atoms with van der Waals surface area (Å²) in [5.74, 6) is 0.538. The second-order valence-electron chi connectivity index (χ2n) is 8.00. The second-order valence-corrected chi connectivity index (χ2v) is 8.00. The molecule has 1 N–H and O–H groups in total. The number of ether oxygens (including phenoxy) is 1. The Bertz CT molecular complexity index is 1480. The van der Waals surface area contributed by atoms with Crippen LogP contribution in [-0.2, 0) is 19.6 Å². The van der Waals surface area contributed by atoms with E-state index in [1.165, 1.54) is 9.13 Å². The molecule has 0 saturated carbocycles. The molecule has 0 atom stereocenters. The average Bonchev–Trinajstić information content (AvgIpc) is 2.89. The van der Waals surface area contributed by atoms with Crippen molar-refractivity contribution in [1.29, 1.82) is 0 Å². The lowest BCUT2D eigenvalue weighted by Gasteiger charge is -2.14. The van der Waals surface area contributed by atoms with Gasteiger partial charge in [-0.05, 0) is 42.8 Å². The van der Waals surface area contributed by atoms with Gasteiger partial charge in [0.05, 0.1) is 24.2 Å². The van der Waals surface area contributed by atoms with E-state index in [1.807, 2.05) is 55.5 Å². The van der Waals surface area contributed by atoms with Gasteiger partial charge >= 0.3 is 11.1 Å². The van der Waals surface area contributed by atoms with E-state index in [9.17, 15) is 14.4 Å². The lowest BCUT2D eigenvalue weighted by Crippen LogP contribution is -2.41. The highest BCUT2D eigenvalue weighted by Crippen LogP contribution is 2.18. The van der Waals surface area contributed by atoms with Crippen LogP contribution in [0.25, 0.3) is 11.0 Å². The normalized spacial score (nSPS) is 10.8. The molecule has 178 valence electrons. The third-order valence-electron chi connectivity index (χ3n) is 5.72. The molecule has 1 heterocycles. The lowest BCUT2D eigenvalue weighted by molar-refractivity contribution is 0.0950. The summed E-state index contributed by atoms with van der Waals surface area (Å²) in [5.41, 5.74) is 2.34. The molecule has 7 nitrogen and oxygen atoms in total. The molecule has 0 fully saturated rings. The van der Waals surface area contributed by atoms with Gasteiger partial charge in [-0.2, -0.15) is 0 Å². The quantitative estimate of drug-likeness (QED) is 0.299. The van der Waals surface area contributed by atoms with Crippen LogP contribution in [0.15, 0.2) is 95.0 Å². The van der Waals surface area contributed by atoms with Crippen LogP contribution in [0.2, 0.25) is 0 Å². The molecule has 4 aromatic rings. The fourth-order valence-electron chi connectivity index (χ4n) is 4.01. The fraction of sp³-hybridized carbons (Fsp3) is 0.179. The van der Waals surface area contributed by atoms with Crippen LogP contribution < -0.4 is 21.2 Å². The van der Waals surface area contributed by atoms with Crippen LogP contribution in [0, 0.1) is 0 Å². The Kier molecular flexibility index (Phi) is 7.26. The zero-order valence-electron chi connectivity index (χ0n) is 19.6. The predicted molar refractivity (Wildman–Crippen MR) is 137 cm³/mol. The predicted octanol–water partition coefficient (Wildman–Crippen LogP) is 3.73. The van der Waals surface area contributed by atoms with Crippen molar-refractivity contribution in [3.05, 3.63) is 123 Å². The van der Waals surface area contributed by atoms with Crippen LogP contribution in [0.4, 0.5) is 0 Å². The number of nitrogens with one attached hydrogen (secondary N) is 1. The van der Waals surface area contributed by atoms with Crippen molar-refractivity contribution >= 4 is 16.9 Å². The van der Waals surface area contributed by atoms with E-state index < -0.39 is 11.1 Å². The fourth-order valence-corrected chi connectivity index (χ4v) is 4.01. The number of aromatic nitrogens is 2. The van der Waals surface area contributed by atoms with Gasteiger partial charge in [-0.1, -0.05) is 48.5 Å².